The first-order valence-corrected chi connectivity index (χ1v) is 20.0. The summed E-state index contributed by atoms with van der Waals surface area (Å²) in [7, 11) is 0. The molecule has 1 aliphatic heterocycles. The second-order valence-corrected chi connectivity index (χ2v) is 15.6. The van der Waals surface area contributed by atoms with Crippen molar-refractivity contribution in [2.24, 2.45) is 0 Å². The van der Waals surface area contributed by atoms with Crippen molar-refractivity contribution in [3.05, 3.63) is 229 Å². The van der Waals surface area contributed by atoms with Gasteiger partial charge in [0.15, 0.2) is 0 Å². The van der Waals surface area contributed by atoms with E-state index < -0.39 is 5.41 Å². The number of furan rings is 1. The van der Waals surface area contributed by atoms with Gasteiger partial charge in [0.1, 0.15) is 11.2 Å². The van der Waals surface area contributed by atoms with Gasteiger partial charge in [0, 0.05) is 33.2 Å². The zero-order chi connectivity index (χ0) is 38.0. The highest BCUT2D eigenvalue weighted by Gasteiger charge is 2.51. The van der Waals surface area contributed by atoms with E-state index in [1.807, 2.05) is 0 Å². The summed E-state index contributed by atoms with van der Waals surface area (Å²) in [5.74, 6) is 0. The molecular weight excluding hydrogens is 705 g/mol. The molecule has 0 unspecified atom stereocenters. The van der Waals surface area contributed by atoms with E-state index in [1.54, 1.807) is 0 Å². The standard InChI is InChI=1S/C55H34N2O/c1-3-15-37(16-4-1)56(38-17-5-2-6-18-38)39-30-27-35(28-31-39)36-29-32-49-44(33-36)52-53-48(34-43-42-21-9-14-26-51(42)58-54(43)52)55(47-24-12-13-25-50(47)57(49)53)45-22-10-7-19-40(45)41-20-8-11-23-46(41)55/h1-34H. The molecule has 2 aliphatic rings. The Morgan fingerprint density at radius 3 is 1.69 bits per heavy atom. The summed E-state index contributed by atoms with van der Waals surface area (Å²) in [4.78, 5) is 2.31. The zero-order valence-electron chi connectivity index (χ0n) is 31.4. The van der Waals surface area contributed by atoms with E-state index in [0.717, 1.165) is 55.5 Å². The summed E-state index contributed by atoms with van der Waals surface area (Å²) in [6.45, 7) is 0. The van der Waals surface area contributed by atoms with Crippen LogP contribution in [0.25, 0.3) is 71.7 Å². The summed E-state index contributed by atoms with van der Waals surface area (Å²) in [6, 6.07) is 75.3. The normalized spacial score (nSPS) is 13.3. The van der Waals surface area contributed by atoms with E-state index in [4.69, 9.17) is 4.42 Å². The van der Waals surface area contributed by atoms with E-state index in [9.17, 15) is 0 Å². The van der Waals surface area contributed by atoms with Gasteiger partial charge in [-0.2, -0.15) is 0 Å². The molecule has 0 radical (unpaired) electrons. The van der Waals surface area contributed by atoms with Gasteiger partial charge in [-0.3, -0.25) is 0 Å². The van der Waals surface area contributed by atoms with Gasteiger partial charge in [-0.25, -0.2) is 0 Å². The van der Waals surface area contributed by atoms with Crippen LogP contribution in [0.3, 0.4) is 0 Å². The predicted molar refractivity (Wildman–Crippen MR) is 239 cm³/mol. The van der Waals surface area contributed by atoms with Crippen LogP contribution in [0.4, 0.5) is 17.1 Å². The maximum atomic E-state index is 6.94. The molecule has 270 valence electrons. The maximum absolute atomic E-state index is 6.94. The molecule has 3 nitrogen and oxygen atoms in total. The van der Waals surface area contributed by atoms with Crippen LogP contribution in [0.5, 0.6) is 0 Å². The van der Waals surface area contributed by atoms with Gasteiger partial charge in [-0.15, -0.1) is 0 Å². The van der Waals surface area contributed by atoms with Gasteiger partial charge >= 0.3 is 0 Å². The van der Waals surface area contributed by atoms with E-state index in [1.165, 1.54) is 55.5 Å². The molecule has 0 atom stereocenters. The number of benzene rings is 9. The topological polar surface area (TPSA) is 21.3 Å². The summed E-state index contributed by atoms with van der Waals surface area (Å²) in [6.07, 6.45) is 0. The first-order chi connectivity index (χ1) is 28.8. The van der Waals surface area contributed by atoms with Gasteiger partial charge in [-0.05, 0) is 111 Å². The highest BCUT2D eigenvalue weighted by Crippen LogP contribution is 2.62. The third-order valence-electron chi connectivity index (χ3n) is 12.8. The number of nitrogens with zero attached hydrogens (tertiary/aromatic N) is 2. The Morgan fingerprint density at radius 2 is 0.983 bits per heavy atom. The lowest BCUT2D eigenvalue weighted by atomic mass is 9.65. The first kappa shape index (κ1) is 31.6. The fraction of sp³-hybridized carbons (Fsp3) is 0.0182. The Morgan fingerprint density at radius 1 is 0.414 bits per heavy atom. The van der Waals surface area contributed by atoms with E-state index in [2.05, 4.69) is 216 Å². The predicted octanol–water partition coefficient (Wildman–Crippen LogP) is 14.5. The fourth-order valence-electron chi connectivity index (χ4n) is 10.4. The minimum absolute atomic E-state index is 0.513. The first-order valence-electron chi connectivity index (χ1n) is 20.0. The molecule has 13 rings (SSSR count). The molecule has 0 saturated carbocycles. The Kier molecular flexibility index (Phi) is 6.37. The van der Waals surface area contributed by atoms with E-state index >= 15 is 0 Å². The summed E-state index contributed by atoms with van der Waals surface area (Å²) < 4.78 is 9.46. The van der Waals surface area contributed by atoms with Crippen molar-refractivity contribution >= 4 is 60.8 Å². The lowest BCUT2D eigenvalue weighted by Crippen LogP contribution is -2.33. The van der Waals surface area contributed by atoms with Crippen LogP contribution in [-0.2, 0) is 5.41 Å². The molecule has 0 fully saturated rings. The van der Waals surface area contributed by atoms with Crippen LogP contribution in [0, 0.1) is 0 Å². The average Bonchev–Trinajstić information content (AvgIpc) is 3.94. The third-order valence-corrected chi connectivity index (χ3v) is 12.8. The van der Waals surface area contributed by atoms with Crippen molar-refractivity contribution in [3.63, 3.8) is 0 Å². The molecule has 2 aromatic heterocycles. The van der Waals surface area contributed by atoms with E-state index in [0.29, 0.717) is 0 Å². The monoisotopic (exact) mass is 738 g/mol. The molecule has 3 heteroatoms. The Hall–Kier alpha value is -7.62. The quantitative estimate of drug-likeness (QED) is 0.179. The second kappa shape index (κ2) is 11.7. The molecule has 0 bridgehead atoms. The number of rotatable bonds is 4. The van der Waals surface area contributed by atoms with Gasteiger partial charge in [0.25, 0.3) is 0 Å². The molecule has 0 saturated heterocycles. The molecule has 0 amide bonds. The minimum Gasteiger partial charge on any atom is -0.455 e. The zero-order valence-corrected chi connectivity index (χ0v) is 31.4. The molecular formula is C55H34N2O. The van der Waals surface area contributed by atoms with Crippen molar-refractivity contribution < 1.29 is 4.42 Å². The smallest absolute Gasteiger partial charge is 0.145 e. The summed E-state index contributed by atoms with van der Waals surface area (Å²) in [5, 5.41) is 4.63. The number of fused-ring (bicyclic) bond motifs is 16. The van der Waals surface area contributed by atoms with Crippen LogP contribution in [0.15, 0.2) is 211 Å². The van der Waals surface area contributed by atoms with Gasteiger partial charge in [-0.1, -0.05) is 140 Å². The average molecular weight is 739 g/mol. The fourth-order valence-corrected chi connectivity index (χ4v) is 10.4. The lowest BCUT2D eigenvalue weighted by Gasteiger charge is -2.39. The second-order valence-electron chi connectivity index (χ2n) is 15.6. The molecule has 58 heavy (non-hydrogen) atoms. The highest BCUT2D eigenvalue weighted by atomic mass is 16.3. The molecule has 3 heterocycles. The molecule has 1 aliphatic carbocycles. The number of para-hydroxylation sites is 4. The van der Waals surface area contributed by atoms with Crippen LogP contribution in [-0.4, -0.2) is 4.57 Å². The number of anilines is 3. The summed E-state index contributed by atoms with van der Waals surface area (Å²) in [5.41, 5.74) is 18.4. The maximum Gasteiger partial charge on any atom is 0.145 e. The number of hydrogen-bond acceptors (Lipinski definition) is 2. The van der Waals surface area contributed by atoms with Crippen LogP contribution in [0.2, 0.25) is 0 Å². The highest BCUT2D eigenvalue weighted by molar-refractivity contribution is 6.26. The van der Waals surface area contributed by atoms with Crippen molar-refractivity contribution in [1.29, 1.82) is 0 Å². The van der Waals surface area contributed by atoms with Gasteiger partial charge in [0.05, 0.1) is 27.5 Å². The lowest BCUT2D eigenvalue weighted by molar-refractivity contribution is 0.672. The Labute approximate surface area is 335 Å². The number of aromatic nitrogens is 1. The van der Waals surface area contributed by atoms with Gasteiger partial charge in [0.2, 0.25) is 0 Å². The molecule has 0 N–H and O–H groups in total. The molecule has 1 spiro atoms. The van der Waals surface area contributed by atoms with E-state index in [-0.39, 0.29) is 0 Å². The SMILES string of the molecule is c1ccc(N(c2ccccc2)c2ccc(-c3ccc4c(c3)c3c5oc6ccccc6c5cc5c3n4-c3ccccc3C53c4ccccc4-c4ccccc43)cc2)cc1. The van der Waals surface area contributed by atoms with Crippen LogP contribution < -0.4 is 4.90 Å². The minimum atomic E-state index is -0.513. The van der Waals surface area contributed by atoms with Crippen molar-refractivity contribution in [2.45, 2.75) is 5.41 Å². The number of hydrogen-bond donors (Lipinski definition) is 0. The third kappa shape index (κ3) is 4.07. The van der Waals surface area contributed by atoms with Gasteiger partial charge < -0.3 is 13.9 Å². The van der Waals surface area contributed by atoms with Crippen molar-refractivity contribution in [2.75, 3.05) is 4.90 Å². The largest absolute Gasteiger partial charge is 0.455 e. The van der Waals surface area contributed by atoms with Crippen LogP contribution in [0.1, 0.15) is 22.3 Å². The van der Waals surface area contributed by atoms with Crippen molar-refractivity contribution in [1.82, 2.24) is 4.57 Å². The van der Waals surface area contributed by atoms with Crippen LogP contribution >= 0.6 is 0 Å². The molecule has 9 aromatic carbocycles. The summed E-state index contributed by atoms with van der Waals surface area (Å²) >= 11 is 0. The Bertz CT molecular complexity index is 3360. The van der Waals surface area contributed by atoms with Crippen molar-refractivity contribution in [3.8, 4) is 27.9 Å². The Balaban J connectivity index is 1.10. The molecule has 11 aromatic rings.